The van der Waals surface area contributed by atoms with Crippen LogP contribution < -0.4 is 15.6 Å². The molecule has 140 valence electrons. The Balaban J connectivity index is 2.19. The van der Waals surface area contributed by atoms with Gasteiger partial charge >= 0.3 is 0 Å². The maximum atomic E-state index is 13.0. The lowest BCUT2D eigenvalue weighted by Crippen LogP contribution is -2.25. The number of nitrogens with zero attached hydrogens (tertiary/aromatic N) is 3. The first-order chi connectivity index (χ1) is 13.5. The van der Waals surface area contributed by atoms with Gasteiger partial charge in [-0.15, -0.1) is 0 Å². The highest BCUT2D eigenvalue weighted by Gasteiger charge is 2.17. The summed E-state index contributed by atoms with van der Waals surface area (Å²) >= 11 is 3.35. The summed E-state index contributed by atoms with van der Waals surface area (Å²) < 4.78 is 8.00. The largest absolute Gasteiger partial charge is 0.438 e. The molecule has 28 heavy (non-hydrogen) atoms. The zero-order chi connectivity index (χ0) is 20.1. The van der Waals surface area contributed by atoms with Crippen molar-refractivity contribution in [1.29, 1.82) is 5.26 Å². The lowest BCUT2D eigenvalue weighted by molar-refractivity contribution is -0.116. The fourth-order valence-electron chi connectivity index (χ4n) is 2.45. The number of hydrogen-bond donors (Lipinski definition) is 1. The van der Waals surface area contributed by atoms with Crippen molar-refractivity contribution < 1.29 is 9.53 Å². The minimum absolute atomic E-state index is 0.00872. The minimum atomic E-state index is -0.572. The first-order valence-electron chi connectivity index (χ1n) is 8.38. The predicted molar refractivity (Wildman–Crippen MR) is 108 cm³/mol. The average molecular weight is 439 g/mol. The molecule has 1 aromatic carbocycles. The zero-order valence-electron chi connectivity index (χ0n) is 14.8. The molecule has 0 aliphatic heterocycles. The van der Waals surface area contributed by atoms with Crippen molar-refractivity contribution in [2.24, 2.45) is 0 Å². The van der Waals surface area contributed by atoms with Gasteiger partial charge in [-0.3, -0.25) is 14.0 Å². The Bertz CT molecular complexity index is 1160. The maximum absolute atomic E-state index is 13.0. The van der Waals surface area contributed by atoms with E-state index in [1.165, 1.54) is 10.5 Å². The van der Waals surface area contributed by atoms with Crippen molar-refractivity contribution in [3.63, 3.8) is 0 Å². The Morgan fingerprint density at radius 2 is 2.07 bits per heavy atom. The van der Waals surface area contributed by atoms with E-state index in [2.05, 4.69) is 26.2 Å². The molecule has 0 saturated carbocycles. The monoisotopic (exact) mass is 438 g/mol. The molecule has 0 aliphatic rings. The number of carbonyl (C=O) groups is 1. The fourth-order valence-corrected chi connectivity index (χ4v) is 2.71. The number of amides is 1. The molecule has 3 aromatic rings. The van der Waals surface area contributed by atoms with Crippen molar-refractivity contribution >= 4 is 33.6 Å². The van der Waals surface area contributed by atoms with E-state index in [4.69, 9.17) is 4.74 Å². The molecular formula is C20H15BrN4O3. The van der Waals surface area contributed by atoms with Crippen LogP contribution in [0.1, 0.15) is 12.5 Å². The van der Waals surface area contributed by atoms with Gasteiger partial charge in [-0.2, -0.15) is 10.2 Å². The number of carbonyl (C=O) groups excluding carboxylic acids is 1. The van der Waals surface area contributed by atoms with Gasteiger partial charge in [0.25, 0.3) is 11.5 Å². The van der Waals surface area contributed by atoms with E-state index in [0.29, 0.717) is 17.9 Å². The summed E-state index contributed by atoms with van der Waals surface area (Å²) in [6, 6.07) is 13.9. The number of ether oxygens (including phenoxy) is 1. The van der Waals surface area contributed by atoms with Crippen LogP contribution >= 0.6 is 15.9 Å². The summed E-state index contributed by atoms with van der Waals surface area (Å²) in [4.78, 5) is 29.4. The standard InChI is InChI=1S/C20H15BrN4O3/c1-2-23-18(26)13(12-22)11-16-19(28-15-8-6-14(21)7-9-15)24-17-5-3-4-10-25(17)20(16)27/h3-11H,2H2,1H3,(H,23,26)/b13-11+. The molecule has 0 spiro atoms. The maximum Gasteiger partial charge on any atom is 0.269 e. The normalized spacial score (nSPS) is 11.1. The third-order valence-electron chi connectivity index (χ3n) is 3.75. The molecule has 3 rings (SSSR count). The number of rotatable bonds is 5. The molecule has 1 N–H and O–H groups in total. The third kappa shape index (κ3) is 4.10. The van der Waals surface area contributed by atoms with Gasteiger partial charge in [-0.05, 0) is 49.4 Å². The molecule has 0 atom stereocenters. The van der Waals surface area contributed by atoms with Crippen LogP contribution in [0, 0.1) is 11.3 Å². The summed E-state index contributed by atoms with van der Waals surface area (Å²) in [7, 11) is 0. The Kier molecular flexibility index (Phi) is 5.87. The Morgan fingerprint density at radius 3 is 2.75 bits per heavy atom. The van der Waals surface area contributed by atoms with E-state index in [1.54, 1.807) is 55.6 Å². The molecule has 0 saturated heterocycles. The SMILES string of the molecule is CCNC(=O)/C(C#N)=C/c1c(Oc2ccc(Br)cc2)nc2ccccn2c1=O. The number of likely N-dealkylation sites (N-methyl/N-ethyl adjacent to an activating group) is 1. The molecule has 0 aliphatic carbocycles. The summed E-state index contributed by atoms with van der Waals surface area (Å²) in [6.45, 7) is 2.09. The van der Waals surface area contributed by atoms with Crippen LogP contribution in [0.2, 0.25) is 0 Å². The van der Waals surface area contributed by atoms with Crippen molar-refractivity contribution in [3.05, 3.63) is 74.6 Å². The quantitative estimate of drug-likeness (QED) is 0.486. The number of nitriles is 1. The molecular weight excluding hydrogens is 424 g/mol. The van der Waals surface area contributed by atoms with Crippen molar-refractivity contribution in [2.45, 2.75) is 6.92 Å². The number of aromatic nitrogens is 2. The molecule has 0 bridgehead atoms. The Labute approximate surface area is 169 Å². The molecule has 2 aromatic heterocycles. The highest BCUT2D eigenvalue weighted by Crippen LogP contribution is 2.25. The summed E-state index contributed by atoms with van der Waals surface area (Å²) in [5.41, 5.74) is -0.269. The van der Waals surface area contributed by atoms with Crippen LogP contribution in [0.4, 0.5) is 0 Å². The summed E-state index contributed by atoms with van der Waals surface area (Å²) in [5, 5.41) is 11.9. The van der Waals surface area contributed by atoms with Gasteiger partial charge in [0, 0.05) is 17.2 Å². The summed E-state index contributed by atoms with van der Waals surface area (Å²) in [6.07, 6.45) is 2.76. The van der Waals surface area contributed by atoms with E-state index in [1.807, 2.05) is 6.07 Å². The second-order valence-electron chi connectivity index (χ2n) is 5.65. The van der Waals surface area contributed by atoms with Crippen LogP contribution in [0.25, 0.3) is 11.7 Å². The number of pyridine rings is 1. The van der Waals surface area contributed by atoms with E-state index < -0.39 is 11.5 Å². The third-order valence-corrected chi connectivity index (χ3v) is 4.28. The molecule has 7 nitrogen and oxygen atoms in total. The second kappa shape index (κ2) is 8.50. The topological polar surface area (TPSA) is 96.5 Å². The van der Waals surface area contributed by atoms with Gasteiger partial charge in [-0.25, -0.2) is 0 Å². The van der Waals surface area contributed by atoms with Gasteiger partial charge in [0.05, 0.1) is 0 Å². The molecule has 1 amide bonds. The number of benzene rings is 1. The van der Waals surface area contributed by atoms with Crippen molar-refractivity contribution in [3.8, 4) is 17.7 Å². The zero-order valence-corrected chi connectivity index (χ0v) is 16.4. The second-order valence-corrected chi connectivity index (χ2v) is 6.57. The predicted octanol–water partition coefficient (Wildman–Crippen LogP) is 3.29. The number of nitrogens with one attached hydrogen (secondary N) is 1. The number of fused-ring (bicyclic) bond motifs is 1. The van der Waals surface area contributed by atoms with Gasteiger partial charge in [0.15, 0.2) is 0 Å². The van der Waals surface area contributed by atoms with Gasteiger partial charge in [0.2, 0.25) is 5.88 Å². The highest BCUT2D eigenvalue weighted by atomic mass is 79.9. The lowest BCUT2D eigenvalue weighted by atomic mass is 10.1. The fraction of sp³-hybridized carbons (Fsp3) is 0.100. The van der Waals surface area contributed by atoms with E-state index in [-0.39, 0.29) is 17.0 Å². The van der Waals surface area contributed by atoms with Gasteiger partial charge in [0.1, 0.15) is 28.6 Å². The van der Waals surface area contributed by atoms with Gasteiger partial charge < -0.3 is 10.1 Å². The Morgan fingerprint density at radius 1 is 1.32 bits per heavy atom. The smallest absolute Gasteiger partial charge is 0.269 e. The summed E-state index contributed by atoms with van der Waals surface area (Å²) in [5.74, 6) is -0.103. The first-order valence-corrected chi connectivity index (χ1v) is 9.17. The average Bonchev–Trinajstić information content (AvgIpc) is 2.70. The van der Waals surface area contributed by atoms with Crippen molar-refractivity contribution in [1.82, 2.24) is 14.7 Å². The van der Waals surface area contributed by atoms with E-state index in [9.17, 15) is 14.9 Å². The molecule has 0 fully saturated rings. The van der Waals surface area contributed by atoms with Crippen LogP contribution in [0.5, 0.6) is 11.6 Å². The molecule has 0 unspecified atom stereocenters. The number of halogens is 1. The van der Waals surface area contributed by atoms with Crippen LogP contribution in [0.15, 0.2) is 63.5 Å². The van der Waals surface area contributed by atoms with E-state index >= 15 is 0 Å². The lowest BCUT2D eigenvalue weighted by Gasteiger charge is -2.10. The van der Waals surface area contributed by atoms with Gasteiger partial charge in [-0.1, -0.05) is 22.0 Å². The highest BCUT2D eigenvalue weighted by molar-refractivity contribution is 9.10. The molecule has 0 radical (unpaired) electrons. The number of hydrogen-bond acceptors (Lipinski definition) is 5. The molecule has 8 heteroatoms. The van der Waals surface area contributed by atoms with Crippen LogP contribution in [-0.4, -0.2) is 21.8 Å². The van der Waals surface area contributed by atoms with Crippen LogP contribution in [-0.2, 0) is 4.79 Å². The van der Waals surface area contributed by atoms with E-state index in [0.717, 1.165) is 4.47 Å². The van der Waals surface area contributed by atoms with Crippen LogP contribution in [0.3, 0.4) is 0 Å². The molecule has 2 heterocycles. The Hall–Kier alpha value is -3.44. The first kappa shape index (κ1) is 19.3. The van der Waals surface area contributed by atoms with Crippen molar-refractivity contribution in [2.75, 3.05) is 6.54 Å². The minimum Gasteiger partial charge on any atom is -0.438 e.